The van der Waals surface area contributed by atoms with Gasteiger partial charge >= 0.3 is 5.51 Å². The molecule has 4 heterocycles. The lowest BCUT2D eigenvalue weighted by atomic mass is 9.71. The Morgan fingerprint density at radius 2 is 1.74 bits per heavy atom. The van der Waals surface area contributed by atoms with Crippen LogP contribution in [0.4, 0.5) is 18.9 Å². The zero-order valence-electron chi connectivity index (χ0n) is 35.3. The van der Waals surface area contributed by atoms with Crippen molar-refractivity contribution in [3.05, 3.63) is 89.0 Å². The number of nitrogens with zero attached hydrogens (tertiary/aromatic N) is 4. The largest absolute Gasteiger partial charge is 0.446 e. The van der Waals surface area contributed by atoms with Crippen molar-refractivity contribution in [3.8, 4) is 0 Å². The number of thioether (sulfide) groups is 2. The van der Waals surface area contributed by atoms with Crippen LogP contribution in [0.15, 0.2) is 93.1 Å². The number of rotatable bonds is 17. The van der Waals surface area contributed by atoms with Gasteiger partial charge in [-0.15, -0.1) is 16.6 Å². The Bertz CT molecular complexity index is 2110. The summed E-state index contributed by atoms with van der Waals surface area (Å²) in [6.45, 7) is 13.0. The van der Waals surface area contributed by atoms with Crippen LogP contribution in [-0.4, -0.2) is 143 Å². The Balaban J connectivity index is 0.924. The van der Waals surface area contributed by atoms with Crippen molar-refractivity contribution in [1.29, 1.82) is 0 Å². The molecular weight excluding hydrogens is 875 g/mol. The van der Waals surface area contributed by atoms with E-state index in [2.05, 4.69) is 49.2 Å². The van der Waals surface area contributed by atoms with Crippen LogP contribution in [0.2, 0.25) is 5.02 Å². The molecule has 62 heavy (non-hydrogen) atoms. The van der Waals surface area contributed by atoms with Gasteiger partial charge in [0.2, 0.25) is 0 Å². The summed E-state index contributed by atoms with van der Waals surface area (Å²) in [5.74, 6) is 0.627. The number of hydrogen-bond donors (Lipinski definition) is 3. The van der Waals surface area contributed by atoms with Crippen molar-refractivity contribution in [1.82, 2.24) is 29.9 Å². The van der Waals surface area contributed by atoms with Crippen LogP contribution in [0.1, 0.15) is 44.6 Å². The molecule has 0 saturated carbocycles. The number of nitrogens with one attached hydrogen (secondary N) is 3. The summed E-state index contributed by atoms with van der Waals surface area (Å²) in [4.78, 5) is 10.8. The maximum Gasteiger partial charge on any atom is 0.446 e. The number of anilines is 1. The number of halogens is 4. The molecule has 0 radical (unpaired) electrons. The summed E-state index contributed by atoms with van der Waals surface area (Å²) >= 11 is 7.64. The molecule has 2 bridgehead atoms. The first-order chi connectivity index (χ1) is 29.8. The normalized spacial score (nSPS) is 25.1. The van der Waals surface area contributed by atoms with E-state index < -0.39 is 15.5 Å². The van der Waals surface area contributed by atoms with Crippen molar-refractivity contribution in [2.75, 3.05) is 96.2 Å². The van der Waals surface area contributed by atoms with E-state index in [1.807, 2.05) is 42.5 Å². The highest BCUT2D eigenvalue weighted by molar-refractivity contribution is 8.00. The van der Waals surface area contributed by atoms with E-state index in [-0.39, 0.29) is 44.8 Å². The zero-order chi connectivity index (χ0) is 43.3. The van der Waals surface area contributed by atoms with Gasteiger partial charge in [0.15, 0.2) is 0 Å². The Kier molecular flexibility index (Phi) is 15.2. The molecule has 17 heteroatoms. The van der Waals surface area contributed by atoms with Gasteiger partial charge in [-0.25, -0.2) is 13.4 Å². The quantitative estimate of drug-likeness (QED) is 0.116. The third kappa shape index (κ3) is 12.5. The van der Waals surface area contributed by atoms with E-state index in [0.717, 1.165) is 95.6 Å². The molecule has 338 valence electrons. The van der Waals surface area contributed by atoms with Gasteiger partial charge in [-0.2, -0.15) is 13.2 Å². The van der Waals surface area contributed by atoms with Crippen molar-refractivity contribution < 1.29 is 26.3 Å². The second kappa shape index (κ2) is 20.4. The number of hydrogen-bond acceptors (Lipinski definition) is 11. The molecule has 3 aromatic carbocycles. The number of benzene rings is 3. The topological polar surface area (TPSA) is 92.4 Å². The number of allylic oxidation sites excluding steroid dienone is 1. The molecule has 3 aromatic rings. The molecule has 5 aliphatic rings. The minimum atomic E-state index is -4.62. The van der Waals surface area contributed by atoms with Crippen LogP contribution in [0.5, 0.6) is 0 Å². The second-order valence-electron chi connectivity index (χ2n) is 17.8. The van der Waals surface area contributed by atoms with E-state index in [9.17, 15) is 21.6 Å². The first-order valence-corrected chi connectivity index (χ1v) is 25.5. The standard InChI is InChI=1S/C45H59ClF3N7O3S3/c1-44(32-54-19-16-50-17-20-54)15-13-41(33-7-9-35(46)10-8-33)34(27-44)28-53-21-23-56(24-22-53)52-62(57,58)40-11-12-42(43(26-40)61-45(47,48)49)51-36(31-60-39-5-3-2-4-6-39)14-18-55-29-38-25-37(55)30-59-38/h2-12,26,36-38,50-52H,13-25,27-32H2,1H3/t36?,37?,38-,44-/m1/s1. The number of alkyl halides is 3. The van der Waals surface area contributed by atoms with Crippen LogP contribution in [-0.2, 0) is 14.8 Å². The first kappa shape index (κ1) is 46.2. The fourth-order valence-electron chi connectivity index (χ4n) is 9.70. The van der Waals surface area contributed by atoms with Gasteiger partial charge in [0, 0.05) is 117 Å². The van der Waals surface area contributed by atoms with E-state index in [4.69, 9.17) is 16.3 Å². The minimum absolute atomic E-state index is 0.152. The van der Waals surface area contributed by atoms with Gasteiger partial charge in [-0.05, 0) is 103 Å². The Hall–Kier alpha value is -2.35. The summed E-state index contributed by atoms with van der Waals surface area (Å²) in [6, 6.07) is 22.3. The molecule has 3 N–H and O–H groups in total. The average molecular weight is 935 g/mol. The molecule has 0 amide bonds. The zero-order valence-corrected chi connectivity index (χ0v) is 38.6. The number of piperazine rings is 2. The SMILES string of the molecule is C[C@@]1(CN2CCNCC2)CCC(c2ccc(Cl)cc2)=C(CN2CCN(NS(=O)(=O)c3ccc(NC(CCN4C[C@H]5CC4CO5)CSc4ccccc4)c(SC(F)(F)F)c3)CC2)C1. The minimum Gasteiger partial charge on any atom is -0.381 e. The summed E-state index contributed by atoms with van der Waals surface area (Å²) < 4.78 is 75.7. The summed E-state index contributed by atoms with van der Waals surface area (Å²) in [5, 5.41) is 9.25. The van der Waals surface area contributed by atoms with Crippen LogP contribution in [0.25, 0.3) is 5.57 Å². The number of sulfonamides is 1. The lowest BCUT2D eigenvalue weighted by Gasteiger charge is -2.43. The monoisotopic (exact) mass is 933 g/mol. The lowest BCUT2D eigenvalue weighted by Crippen LogP contribution is -2.54. The highest BCUT2D eigenvalue weighted by Crippen LogP contribution is 2.45. The van der Waals surface area contributed by atoms with Gasteiger partial charge in [0.25, 0.3) is 10.0 Å². The summed E-state index contributed by atoms with van der Waals surface area (Å²) in [5.41, 5.74) is -0.191. The smallest absolute Gasteiger partial charge is 0.381 e. The van der Waals surface area contributed by atoms with Crippen LogP contribution in [0, 0.1) is 5.41 Å². The number of hydrazine groups is 1. The predicted octanol–water partition coefficient (Wildman–Crippen LogP) is 7.75. The third-order valence-electron chi connectivity index (χ3n) is 12.9. The maximum absolute atomic E-state index is 14.1. The molecule has 4 fully saturated rings. The Labute approximate surface area is 378 Å². The van der Waals surface area contributed by atoms with E-state index >= 15 is 0 Å². The van der Waals surface area contributed by atoms with Crippen molar-refractivity contribution in [2.45, 2.75) is 77.4 Å². The lowest BCUT2D eigenvalue weighted by molar-refractivity contribution is -0.0328. The van der Waals surface area contributed by atoms with E-state index in [1.165, 1.54) is 28.8 Å². The Morgan fingerprint density at radius 1 is 0.984 bits per heavy atom. The molecule has 0 spiro atoms. The van der Waals surface area contributed by atoms with Crippen molar-refractivity contribution >= 4 is 56.4 Å². The van der Waals surface area contributed by atoms with Gasteiger partial charge in [-0.1, -0.05) is 54.4 Å². The van der Waals surface area contributed by atoms with Crippen LogP contribution < -0.4 is 15.5 Å². The maximum atomic E-state index is 14.1. The predicted molar refractivity (Wildman–Crippen MR) is 245 cm³/mol. The van der Waals surface area contributed by atoms with Gasteiger partial charge in [0.1, 0.15) is 0 Å². The van der Waals surface area contributed by atoms with Crippen LogP contribution >= 0.6 is 35.1 Å². The van der Waals surface area contributed by atoms with Crippen molar-refractivity contribution in [3.63, 3.8) is 0 Å². The number of morpholine rings is 1. The molecule has 0 aromatic heterocycles. The highest BCUT2D eigenvalue weighted by Gasteiger charge is 2.39. The number of fused-ring (bicyclic) bond motifs is 2. The molecule has 4 atom stereocenters. The average Bonchev–Trinajstić information content (AvgIpc) is 3.88. The molecule has 10 nitrogen and oxygen atoms in total. The number of ether oxygens (including phenoxy) is 1. The van der Waals surface area contributed by atoms with Gasteiger partial charge < -0.3 is 20.3 Å². The van der Waals surface area contributed by atoms with E-state index in [0.29, 0.717) is 49.4 Å². The fourth-order valence-corrected chi connectivity index (χ4v) is 12.7. The second-order valence-corrected chi connectivity index (χ2v) is 22.1. The summed E-state index contributed by atoms with van der Waals surface area (Å²) in [7, 11) is -4.18. The fraction of sp³-hybridized carbons (Fsp3) is 0.556. The van der Waals surface area contributed by atoms with Gasteiger partial charge in [-0.3, -0.25) is 9.80 Å². The third-order valence-corrected chi connectivity index (χ3v) is 16.5. The molecule has 8 rings (SSSR count). The highest BCUT2D eigenvalue weighted by atomic mass is 35.5. The molecule has 1 aliphatic carbocycles. The molecule has 4 saturated heterocycles. The molecule has 4 aliphatic heterocycles. The van der Waals surface area contributed by atoms with Crippen LogP contribution in [0.3, 0.4) is 0 Å². The Morgan fingerprint density at radius 3 is 2.44 bits per heavy atom. The first-order valence-electron chi connectivity index (χ1n) is 21.9. The van der Waals surface area contributed by atoms with Crippen molar-refractivity contribution in [2.24, 2.45) is 5.41 Å². The molecule has 2 unspecified atom stereocenters. The van der Waals surface area contributed by atoms with Gasteiger partial charge in [0.05, 0.1) is 17.6 Å². The number of likely N-dealkylation sites (tertiary alicyclic amines) is 1. The molecular formula is C45H59ClF3N7O3S3. The summed E-state index contributed by atoms with van der Waals surface area (Å²) in [6.07, 6.45) is 5.07. The van der Waals surface area contributed by atoms with E-state index in [1.54, 1.807) is 16.8 Å².